The molecule has 4 bridgehead atoms. The Hall–Kier alpha value is -5.48. The molecule has 21 heteroatoms. The Balaban J connectivity index is 1.00. The van der Waals surface area contributed by atoms with Gasteiger partial charge >= 0.3 is 12.0 Å². The smallest absolute Gasteiger partial charge is 0.348 e. The second-order valence-electron chi connectivity index (χ2n) is 20.3. The maximum Gasteiger partial charge on any atom is 0.348 e. The van der Waals surface area contributed by atoms with Crippen LogP contribution in [0.5, 0.6) is 29.1 Å². The summed E-state index contributed by atoms with van der Waals surface area (Å²) < 4.78 is 76.7. The second-order valence-corrected chi connectivity index (χ2v) is 22.0. The largest absolute Gasteiger partial charge is 0.490 e. The van der Waals surface area contributed by atoms with Crippen molar-refractivity contribution in [3.05, 3.63) is 99.3 Å². The van der Waals surface area contributed by atoms with Gasteiger partial charge in [-0.15, -0.1) is 11.3 Å². The number of rotatable bonds is 13. The first-order chi connectivity index (χ1) is 36.6. The highest BCUT2D eigenvalue weighted by molar-refractivity contribution is 7.22. The van der Waals surface area contributed by atoms with Crippen LogP contribution in [0.25, 0.3) is 31.8 Å². The van der Waals surface area contributed by atoms with Gasteiger partial charge in [-0.3, -0.25) is 4.90 Å². The number of likely N-dealkylation sites (N-methyl/N-ethyl adjacent to an activating group) is 1. The molecule has 5 aliphatic heterocycles. The van der Waals surface area contributed by atoms with Crippen LogP contribution in [0.2, 0.25) is 10.0 Å². The Bertz CT molecular complexity index is 3020. The number of hydrogen-bond donors (Lipinski definition) is 0. The van der Waals surface area contributed by atoms with Crippen molar-refractivity contribution < 1.29 is 56.6 Å². The molecule has 0 N–H and O–H groups in total. The third-order valence-electron chi connectivity index (χ3n) is 13.7. The first-order valence-corrected chi connectivity index (χ1v) is 26.9. The van der Waals surface area contributed by atoms with Crippen LogP contribution in [0, 0.1) is 19.7 Å². The van der Waals surface area contributed by atoms with E-state index < -0.39 is 29.6 Å². The van der Waals surface area contributed by atoms with Crippen LogP contribution >= 0.6 is 34.5 Å². The molecule has 0 spiro atoms. The van der Waals surface area contributed by atoms with Crippen LogP contribution in [0.1, 0.15) is 43.2 Å². The van der Waals surface area contributed by atoms with Crippen molar-refractivity contribution in [2.24, 2.45) is 0 Å². The zero-order valence-corrected chi connectivity index (χ0v) is 45.8. The third kappa shape index (κ3) is 12.0. The Kier molecular flexibility index (Phi) is 16.5. The molecule has 5 aliphatic rings. The molecule has 6 atom stereocenters. The van der Waals surface area contributed by atoms with Crippen molar-refractivity contribution in [1.82, 2.24) is 29.7 Å². The standard InChI is InChI=1S/C55H61Cl2FN6O11S/c1-30-42-31(2)46(57)49(45(30)56)73-37(24-64-18-16-63(6)17-19-64)26-69-36-12-13-38(70-25-35-14-15-59-54(62-35)68-21-20-67-41-28-72-47-40(66-7)27-71-48(41)47)33(22-36)23-39(53(65)75-55(3,4)5)74-51-44-43(42)50(76-52(44)61-29-60-51)32-8-10-34(58)11-9-32/h8-15,22,29,37,39-41,47-48H,16-21,23-28H2,1-7H3/t37-,39-,40-,41-,47-,48-/m1/s1. The van der Waals surface area contributed by atoms with E-state index in [0.29, 0.717) is 96.3 Å². The van der Waals surface area contributed by atoms with E-state index in [1.807, 2.05) is 19.9 Å². The predicted molar refractivity (Wildman–Crippen MR) is 284 cm³/mol. The Morgan fingerprint density at radius 2 is 1.61 bits per heavy atom. The molecule has 3 aromatic carbocycles. The summed E-state index contributed by atoms with van der Waals surface area (Å²) in [6.07, 6.45) is 0.387. The monoisotopic (exact) mass is 1100 g/mol. The SMILES string of the molecule is CO[C@@H]1CO[C@H]2[C@@H]1OC[C@H]2OCCOc1nccc(COc2ccc3cc2C[C@H](C(=O)OC(C)(C)C)Oc2ncnc4sc(-c5ccc(F)cc5)c(c24)-c2c(C)c(Cl)c(c(Cl)c2C)O[C@H](CN2CCN(C)CC2)CO3)n1. The first kappa shape index (κ1) is 53.9. The average Bonchev–Trinajstić information content (AvgIpc) is 4.14. The molecule has 6 aromatic rings. The minimum atomic E-state index is -1.29. The zero-order chi connectivity index (χ0) is 53.3. The third-order valence-corrected chi connectivity index (χ3v) is 15.8. The van der Waals surface area contributed by atoms with E-state index in [9.17, 15) is 9.18 Å². The molecule has 0 radical (unpaired) electrons. The number of thiophene rings is 1. The van der Waals surface area contributed by atoms with Crippen LogP contribution in [0.15, 0.2) is 61.1 Å². The molecule has 11 rings (SSSR count). The summed E-state index contributed by atoms with van der Waals surface area (Å²) in [7, 11) is 3.76. The van der Waals surface area contributed by atoms with Crippen LogP contribution in [0.4, 0.5) is 4.39 Å². The van der Waals surface area contributed by atoms with Gasteiger partial charge in [0.1, 0.15) is 84.4 Å². The van der Waals surface area contributed by atoms with Crippen molar-refractivity contribution in [3.63, 3.8) is 0 Å². The highest BCUT2D eigenvalue weighted by Crippen LogP contribution is 2.53. The topological polar surface area (TPSA) is 167 Å². The fourth-order valence-electron chi connectivity index (χ4n) is 9.86. The van der Waals surface area contributed by atoms with E-state index in [4.69, 9.17) is 80.5 Å². The van der Waals surface area contributed by atoms with Gasteiger partial charge in [0.05, 0.1) is 40.9 Å². The lowest BCUT2D eigenvalue weighted by Crippen LogP contribution is -2.49. The Morgan fingerprint density at radius 1 is 0.868 bits per heavy atom. The van der Waals surface area contributed by atoms with Gasteiger partial charge in [-0.25, -0.2) is 24.1 Å². The summed E-state index contributed by atoms with van der Waals surface area (Å²) in [5.74, 6) is 0.290. The van der Waals surface area contributed by atoms with E-state index in [1.165, 1.54) is 29.8 Å². The van der Waals surface area contributed by atoms with Crippen molar-refractivity contribution >= 4 is 50.7 Å². The lowest BCUT2D eigenvalue weighted by Gasteiger charge is -2.35. The Morgan fingerprint density at radius 3 is 2.34 bits per heavy atom. The highest BCUT2D eigenvalue weighted by atomic mass is 35.5. The average molecular weight is 1100 g/mol. The van der Waals surface area contributed by atoms with Gasteiger partial charge in [0, 0.05) is 68.5 Å². The minimum Gasteiger partial charge on any atom is -0.490 e. The summed E-state index contributed by atoms with van der Waals surface area (Å²) in [4.78, 5) is 38.9. The number of halogens is 3. The van der Waals surface area contributed by atoms with Gasteiger partial charge in [0.25, 0.3) is 0 Å². The van der Waals surface area contributed by atoms with Crippen LogP contribution in [0.3, 0.4) is 0 Å². The molecule has 0 saturated carbocycles. The molecule has 0 unspecified atom stereocenters. The van der Waals surface area contributed by atoms with E-state index in [0.717, 1.165) is 31.1 Å². The van der Waals surface area contributed by atoms with Gasteiger partial charge in [-0.2, -0.15) is 4.98 Å². The van der Waals surface area contributed by atoms with Gasteiger partial charge in [-0.05, 0) is 100 Å². The molecule has 3 saturated heterocycles. The summed E-state index contributed by atoms with van der Waals surface area (Å²) in [5, 5.41) is 1.11. The van der Waals surface area contributed by atoms with Gasteiger partial charge in [0.15, 0.2) is 5.75 Å². The lowest BCUT2D eigenvalue weighted by atomic mass is 9.92. The number of benzene rings is 3. The molecule has 8 heterocycles. The van der Waals surface area contributed by atoms with Crippen LogP contribution in [-0.4, -0.2) is 158 Å². The number of carbonyl (C=O) groups is 1. The van der Waals surface area contributed by atoms with Crippen molar-refractivity contribution in [3.8, 4) is 50.7 Å². The summed E-state index contributed by atoms with van der Waals surface area (Å²) in [5.41, 5.74) is 3.57. The lowest BCUT2D eigenvalue weighted by molar-refractivity contribution is -0.163. The number of piperazine rings is 1. The van der Waals surface area contributed by atoms with E-state index >= 15 is 0 Å². The fraction of sp³-hybridized carbons (Fsp3) is 0.473. The number of ether oxygens (including phenoxy) is 10. The van der Waals surface area contributed by atoms with Crippen LogP contribution in [-0.2, 0) is 41.5 Å². The fourth-order valence-corrected chi connectivity index (χ4v) is 11.5. The molecule has 3 fully saturated rings. The van der Waals surface area contributed by atoms with Crippen LogP contribution < -0.4 is 23.7 Å². The summed E-state index contributed by atoms with van der Waals surface area (Å²) >= 11 is 16.2. The maximum atomic E-state index is 14.6. The zero-order valence-electron chi connectivity index (χ0n) is 43.4. The van der Waals surface area contributed by atoms with Crippen molar-refractivity contribution in [2.75, 3.05) is 79.9 Å². The normalized spacial score (nSPS) is 22.1. The second kappa shape index (κ2) is 23.2. The molecule has 76 heavy (non-hydrogen) atoms. The molecule has 0 amide bonds. The molecule has 0 aliphatic carbocycles. The summed E-state index contributed by atoms with van der Waals surface area (Å²) in [6, 6.07) is 13.5. The summed E-state index contributed by atoms with van der Waals surface area (Å²) in [6.45, 7) is 14.6. The van der Waals surface area contributed by atoms with E-state index in [1.54, 1.807) is 64.4 Å². The number of methoxy groups -OCH3 is 1. The van der Waals surface area contributed by atoms with Gasteiger partial charge in [-0.1, -0.05) is 35.3 Å². The number of carbonyl (C=O) groups excluding carboxylic acids is 1. The molecule has 3 aromatic heterocycles. The Labute approximate surface area is 454 Å². The van der Waals surface area contributed by atoms with E-state index in [-0.39, 0.29) is 69.2 Å². The highest BCUT2D eigenvalue weighted by Gasteiger charge is 2.48. The number of aromatic nitrogens is 4. The number of nitrogens with zero attached hydrogens (tertiary/aromatic N) is 6. The first-order valence-electron chi connectivity index (χ1n) is 25.3. The van der Waals surface area contributed by atoms with E-state index in [2.05, 4.69) is 26.8 Å². The van der Waals surface area contributed by atoms with Crippen molar-refractivity contribution in [1.29, 1.82) is 0 Å². The number of hydrogen-bond acceptors (Lipinski definition) is 18. The van der Waals surface area contributed by atoms with Gasteiger partial charge in [0.2, 0.25) is 12.0 Å². The quantitative estimate of drug-likeness (QED) is 0.0795. The predicted octanol–water partition coefficient (Wildman–Crippen LogP) is 8.75. The minimum absolute atomic E-state index is 0.0103. The van der Waals surface area contributed by atoms with Gasteiger partial charge < -0.3 is 52.3 Å². The molecule has 404 valence electrons. The maximum absolute atomic E-state index is 14.6. The number of esters is 1. The molecule has 17 nitrogen and oxygen atoms in total. The van der Waals surface area contributed by atoms with Crippen molar-refractivity contribution in [2.45, 2.75) is 89.9 Å². The molecular weight excluding hydrogens is 1040 g/mol. The molecular formula is C55H61Cl2FN6O11S. The number of fused-ring (bicyclic) bond motifs is 8.